The number of hydrogen-bond donors (Lipinski definition) is 2. The molecule has 0 spiro atoms. The van der Waals surface area contributed by atoms with Crippen molar-refractivity contribution >= 4 is 35.8 Å². The second-order valence-corrected chi connectivity index (χ2v) is 7.47. The summed E-state index contributed by atoms with van der Waals surface area (Å²) in [6, 6.07) is 10.4. The summed E-state index contributed by atoms with van der Waals surface area (Å²) in [7, 11) is 1.78. The number of anilines is 1. The minimum atomic E-state index is 0. The van der Waals surface area contributed by atoms with Crippen LogP contribution in [-0.4, -0.2) is 50.4 Å². The van der Waals surface area contributed by atoms with Crippen LogP contribution in [0.4, 0.5) is 5.82 Å². The highest BCUT2D eigenvalue weighted by Gasteiger charge is 2.18. The van der Waals surface area contributed by atoms with Crippen LogP contribution in [0, 0.1) is 6.92 Å². The first kappa shape index (κ1) is 25.2. The molecule has 170 valence electrons. The van der Waals surface area contributed by atoms with Gasteiger partial charge in [-0.25, -0.2) is 4.98 Å². The Bertz CT molecular complexity index is 862. The number of aliphatic imine (C=N–C) groups is 1. The van der Waals surface area contributed by atoms with Gasteiger partial charge in [-0.3, -0.25) is 4.99 Å². The monoisotopic (exact) mass is 539 g/mol. The zero-order chi connectivity index (χ0) is 21.3. The number of aromatic nitrogens is 1. The maximum Gasteiger partial charge on any atom is 0.191 e. The van der Waals surface area contributed by atoms with E-state index in [0.717, 1.165) is 48.4 Å². The van der Waals surface area contributed by atoms with Crippen LogP contribution in [-0.2, 0) is 17.8 Å². The molecule has 1 aromatic heterocycles. The molecule has 8 heteroatoms. The van der Waals surface area contributed by atoms with Crippen LogP contribution in [0.15, 0.2) is 41.5 Å². The Hall–Kier alpha value is -2.07. The average Bonchev–Trinajstić information content (AvgIpc) is 2.75. The van der Waals surface area contributed by atoms with Gasteiger partial charge in [-0.2, -0.15) is 0 Å². The highest BCUT2D eigenvalue weighted by Crippen LogP contribution is 2.20. The lowest BCUT2D eigenvalue weighted by atomic mass is 10.1. The van der Waals surface area contributed by atoms with Crippen LogP contribution in [0.2, 0.25) is 0 Å². The lowest BCUT2D eigenvalue weighted by Gasteiger charge is -2.32. The van der Waals surface area contributed by atoms with Gasteiger partial charge in [-0.15, -0.1) is 24.0 Å². The first-order valence-electron chi connectivity index (χ1n) is 10.6. The van der Waals surface area contributed by atoms with Gasteiger partial charge in [0.15, 0.2) is 5.96 Å². The molecule has 31 heavy (non-hydrogen) atoms. The maximum atomic E-state index is 5.77. The van der Waals surface area contributed by atoms with E-state index in [1.165, 1.54) is 5.56 Å². The molecule has 2 N–H and O–H groups in total. The van der Waals surface area contributed by atoms with E-state index < -0.39 is 0 Å². The van der Waals surface area contributed by atoms with Crippen LogP contribution >= 0.6 is 24.0 Å². The van der Waals surface area contributed by atoms with E-state index in [2.05, 4.69) is 63.6 Å². The zero-order valence-corrected chi connectivity index (χ0v) is 21.2. The fraction of sp³-hybridized carbons (Fsp3) is 0.478. The molecule has 0 amide bonds. The van der Waals surface area contributed by atoms with E-state index in [1.807, 2.05) is 19.2 Å². The van der Waals surface area contributed by atoms with Gasteiger partial charge in [-0.05, 0) is 50.1 Å². The number of guanidine groups is 1. The molecule has 3 rings (SSSR count). The van der Waals surface area contributed by atoms with Crippen molar-refractivity contribution in [2.24, 2.45) is 4.99 Å². The van der Waals surface area contributed by atoms with Crippen molar-refractivity contribution in [2.45, 2.75) is 40.0 Å². The number of benzene rings is 1. The number of nitrogens with one attached hydrogen (secondary N) is 2. The molecule has 1 aliphatic heterocycles. The molecule has 0 radical (unpaired) electrons. The SMILES string of the molecule is CCOc1cc(C)ccc1CNC(=NC)NCc1ccnc(N2CCOC(C)C2)c1.I. The van der Waals surface area contributed by atoms with Gasteiger partial charge in [0.05, 0.1) is 19.3 Å². The van der Waals surface area contributed by atoms with Crippen molar-refractivity contribution in [1.29, 1.82) is 0 Å². The summed E-state index contributed by atoms with van der Waals surface area (Å²) >= 11 is 0. The van der Waals surface area contributed by atoms with Crippen molar-refractivity contribution in [2.75, 3.05) is 38.3 Å². The summed E-state index contributed by atoms with van der Waals surface area (Å²) in [4.78, 5) is 11.2. The Morgan fingerprint density at radius 2 is 2.06 bits per heavy atom. The molecule has 0 bridgehead atoms. The molecular formula is C23H34IN5O2. The van der Waals surface area contributed by atoms with Gasteiger partial charge < -0.3 is 25.0 Å². The zero-order valence-electron chi connectivity index (χ0n) is 18.9. The normalized spacial score (nSPS) is 16.5. The summed E-state index contributed by atoms with van der Waals surface area (Å²) in [5.74, 6) is 2.66. The second kappa shape index (κ2) is 12.7. The Morgan fingerprint density at radius 1 is 1.26 bits per heavy atom. The van der Waals surface area contributed by atoms with Crippen molar-refractivity contribution in [3.8, 4) is 5.75 Å². The molecule has 1 unspecified atom stereocenters. The van der Waals surface area contributed by atoms with Gasteiger partial charge in [-0.1, -0.05) is 12.1 Å². The maximum absolute atomic E-state index is 5.77. The average molecular weight is 539 g/mol. The number of morpholine rings is 1. The van der Waals surface area contributed by atoms with Crippen LogP contribution in [0.5, 0.6) is 5.75 Å². The van der Waals surface area contributed by atoms with Gasteiger partial charge in [0.2, 0.25) is 0 Å². The smallest absolute Gasteiger partial charge is 0.191 e. The molecule has 1 aromatic carbocycles. The van der Waals surface area contributed by atoms with E-state index in [-0.39, 0.29) is 30.1 Å². The molecule has 1 saturated heterocycles. The van der Waals surface area contributed by atoms with Crippen molar-refractivity contribution in [3.63, 3.8) is 0 Å². The molecule has 0 saturated carbocycles. The number of pyridine rings is 1. The molecule has 7 nitrogen and oxygen atoms in total. The number of hydrogen-bond acceptors (Lipinski definition) is 5. The Balaban J connectivity index is 0.00000341. The molecule has 2 heterocycles. The highest BCUT2D eigenvalue weighted by atomic mass is 127. The summed E-state index contributed by atoms with van der Waals surface area (Å²) in [5, 5.41) is 6.76. The predicted molar refractivity (Wildman–Crippen MR) is 137 cm³/mol. The summed E-state index contributed by atoms with van der Waals surface area (Å²) < 4.78 is 11.4. The number of rotatable bonds is 7. The molecule has 0 aliphatic carbocycles. The molecule has 1 aliphatic rings. The third kappa shape index (κ3) is 7.53. The summed E-state index contributed by atoms with van der Waals surface area (Å²) in [6.45, 7) is 10.6. The largest absolute Gasteiger partial charge is 0.494 e. The third-order valence-corrected chi connectivity index (χ3v) is 5.03. The minimum absolute atomic E-state index is 0. The number of halogens is 1. The Morgan fingerprint density at radius 3 is 2.81 bits per heavy atom. The van der Waals surface area contributed by atoms with Crippen molar-refractivity contribution in [1.82, 2.24) is 15.6 Å². The number of ether oxygens (including phenoxy) is 2. The number of aryl methyl sites for hydroxylation is 1. The first-order valence-corrected chi connectivity index (χ1v) is 10.6. The van der Waals surface area contributed by atoms with Crippen LogP contribution in [0.1, 0.15) is 30.5 Å². The van der Waals surface area contributed by atoms with Gasteiger partial charge in [0.1, 0.15) is 11.6 Å². The van der Waals surface area contributed by atoms with Gasteiger partial charge >= 0.3 is 0 Å². The molecule has 1 fully saturated rings. The van der Waals surface area contributed by atoms with E-state index >= 15 is 0 Å². The standard InChI is InChI=1S/C23H33N5O2.HI/c1-5-29-21-12-17(2)6-7-20(21)15-27-23(24-4)26-14-19-8-9-25-22(13-19)28-10-11-30-18(3)16-28;/h6-9,12-13,18H,5,10-11,14-16H2,1-4H3,(H2,24,26,27);1H. The van der Waals surface area contributed by atoms with E-state index in [1.54, 1.807) is 7.05 Å². The first-order chi connectivity index (χ1) is 14.6. The van der Waals surface area contributed by atoms with Crippen LogP contribution < -0.4 is 20.3 Å². The topological polar surface area (TPSA) is 71.0 Å². The Labute approximate surface area is 202 Å². The predicted octanol–water partition coefficient (Wildman–Crippen LogP) is 3.50. The van der Waals surface area contributed by atoms with Gasteiger partial charge in [0.25, 0.3) is 0 Å². The highest BCUT2D eigenvalue weighted by molar-refractivity contribution is 14.0. The van der Waals surface area contributed by atoms with Crippen molar-refractivity contribution < 1.29 is 9.47 Å². The van der Waals surface area contributed by atoms with Crippen molar-refractivity contribution in [3.05, 3.63) is 53.2 Å². The van der Waals surface area contributed by atoms with Crippen LogP contribution in [0.3, 0.4) is 0 Å². The molecular weight excluding hydrogens is 505 g/mol. The fourth-order valence-electron chi connectivity index (χ4n) is 3.45. The Kier molecular flexibility index (Phi) is 10.3. The number of nitrogens with zero attached hydrogens (tertiary/aromatic N) is 3. The lowest BCUT2D eigenvalue weighted by molar-refractivity contribution is 0.0529. The van der Waals surface area contributed by atoms with E-state index in [9.17, 15) is 0 Å². The lowest BCUT2D eigenvalue weighted by Crippen LogP contribution is -2.41. The summed E-state index contributed by atoms with van der Waals surface area (Å²) in [6.07, 6.45) is 2.09. The van der Waals surface area contributed by atoms with E-state index in [0.29, 0.717) is 19.7 Å². The van der Waals surface area contributed by atoms with Gasteiger partial charge in [0, 0.05) is 45.0 Å². The molecule has 1 atom stereocenters. The summed E-state index contributed by atoms with van der Waals surface area (Å²) in [5.41, 5.74) is 3.46. The minimum Gasteiger partial charge on any atom is -0.494 e. The van der Waals surface area contributed by atoms with Crippen LogP contribution in [0.25, 0.3) is 0 Å². The quantitative estimate of drug-likeness (QED) is 0.319. The molecule has 2 aromatic rings. The second-order valence-electron chi connectivity index (χ2n) is 7.47. The van der Waals surface area contributed by atoms with E-state index in [4.69, 9.17) is 9.47 Å². The fourth-order valence-corrected chi connectivity index (χ4v) is 3.45. The third-order valence-electron chi connectivity index (χ3n) is 5.03.